The predicted molar refractivity (Wildman–Crippen MR) is 60.8 cm³/mol. The van der Waals surface area contributed by atoms with Crippen LogP contribution in [0, 0.1) is 0 Å². The number of aryl methyl sites for hydroxylation is 1. The Morgan fingerprint density at radius 1 is 1.33 bits per heavy atom. The molecule has 2 aromatic heterocycles. The van der Waals surface area contributed by atoms with Crippen LogP contribution in [-0.4, -0.2) is 28.9 Å². The van der Waals surface area contributed by atoms with Crippen LogP contribution in [0.2, 0.25) is 0 Å². The fraction of sp³-hybridized carbons (Fsp3) is 0.273. The van der Waals surface area contributed by atoms with E-state index in [4.69, 9.17) is 0 Å². The molecule has 0 atom stereocenters. The summed E-state index contributed by atoms with van der Waals surface area (Å²) < 4.78 is 1.78. The molecule has 0 spiro atoms. The van der Waals surface area contributed by atoms with Gasteiger partial charge in [0, 0.05) is 44.8 Å². The maximum absolute atomic E-state index is 4.33. The van der Waals surface area contributed by atoms with Crippen LogP contribution in [0.4, 0.5) is 5.69 Å². The molecule has 0 aromatic carbocycles. The van der Waals surface area contributed by atoms with Crippen molar-refractivity contribution in [2.45, 2.75) is 0 Å². The Balaban J connectivity index is 2.41. The van der Waals surface area contributed by atoms with E-state index in [0.29, 0.717) is 0 Å². The van der Waals surface area contributed by atoms with Crippen LogP contribution in [0.1, 0.15) is 0 Å². The van der Waals surface area contributed by atoms with Crippen molar-refractivity contribution in [3.63, 3.8) is 0 Å². The lowest BCUT2D eigenvalue weighted by molar-refractivity contribution is 0.768. The SMILES string of the molecule is CN(C)c1ccnc(-c2cnn(C)c2)c1. The highest BCUT2D eigenvalue weighted by atomic mass is 15.2. The van der Waals surface area contributed by atoms with E-state index >= 15 is 0 Å². The molecule has 0 amide bonds. The number of pyridine rings is 1. The van der Waals surface area contributed by atoms with Gasteiger partial charge < -0.3 is 4.90 Å². The minimum absolute atomic E-state index is 0.953. The lowest BCUT2D eigenvalue weighted by atomic mass is 10.2. The molecule has 2 rings (SSSR count). The van der Waals surface area contributed by atoms with Crippen molar-refractivity contribution in [2.24, 2.45) is 7.05 Å². The van der Waals surface area contributed by atoms with Gasteiger partial charge in [-0.05, 0) is 12.1 Å². The molecular formula is C11H14N4. The average molecular weight is 202 g/mol. The highest BCUT2D eigenvalue weighted by molar-refractivity contribution is 5.62. The molecule has 78 valence electrons. The van der Waals surface area contributed by atoms with E-state index in [0.717, 1.165) is 16.9 Å². The zero-order valence-electron chi connectivity index (χ0n) is 9.18. The quantitative estimate of drug-likeness (QED) is 0.741. The zero-order chi connectivity index (χ0) is 10.8. The molecule has 0 fully saturated rings. The summed E-state index contributed by atoms with van der Waals surface area (Å²) in [6, 6.07) is 4.04. The second-order valence-corrected chi connectivity index (χ2v) is 3.70. The Kier molecular flexibility index (Phi) is 2.41. The number of anilines is 1. The average Bonchev–Trinajstić information content (AvgIpc) is 2.65. The Morgan fingerprint density at radius 3 is 2.73 bits per heavy atom. The minimum Gasteiger partial charge on any atom is -0.378 e. The maximum Gasteiger partial charge on any atom is 0.0754 e. The Hall–Kier alpha value is -1.84. The van der Waals surface area contributed by atoms with E-state index in [1.54, 1.807) is 4.68 Å². The molecule has 4 heteroatoms. The summed E-state index contributed by atoms with van der Waals surface area (Å²) in [5.41, 5.74) is 3.14. The van der Waals surface area contributed by atoms with Gasteiger partial charge >= 0.3 is 0 Å². The fourth-order valence-electron chi connectivity index (χ4n) is 1.41. The lowest BCUT2D eigenvalue weighted by Gasteiger charge is -2.12. The van der Waals surface area contributed by atoms with Crippen LogP contribution >= 0.6 is 0 Å². The van der Waals surface area contributed by atoms with Gasteiger partial charge in [-0.25, -0.2) is 0 Å². The minimum atomic E-state index is 0.953. The van der Waals surface area contributed by atoms with E-state index in [9.17, 15) is 0 Å². The molecule has 0 aliphatic carbocycles. The van der Waals surface area contributed by atoms with Crippen LogP contribution in [0.25, 0.3) is 11.3 Å². The van der Waals surface area contributed by atoms with Crippen molar-refractivity contribution in [1.29, 1.82) is 0 Å². The number of hydrogen-bond acceptors (Lipinski definition) is 3. The predicted octanol–water partition coefficient (Wildman–Crippen LogP) is 1.55. The van der Waals surface area contributed by atoms with Gasteiger partial charge in [-0.15, -0.1) is 0 Å². The summed E-state index contributed by atoms with van der Waals surface area (Å²) in [5, 5.41) is 4.13. The molecule has 0 saturated heterocycles. The van der Waals surface area contributed by atoms with Crippen LogP contribution in [0.5, 0.6) is 0 Å². The lowest BCUT2D eigenvalue weighted by Crippen LogP contribution is -2.08. The normalized spacial score (nSPS) is 10.3. The summed E-state index contributed by atoms with van der Waals surface area (Å²) in [6.07, 6.45) is 5.60. The summed E-state index contributed by atoms with van der Waals surface area (Å²) in [5.74, 6) is 0. The van der Waals surface area contributed by atoms with Gasteiger partial charge in [-0.1, -0.05) is 0 Å². The van der Waals surface area contributed by atoms with Crippen molar-refractivity contribution in [1.82, 2.24) is 14.8 Å². The second kappa shape index (κ2) is 3.73. The van der Waals surface area contributed by atoms with Crippen LogP contribution < -0.4 is 4.90 Å². The third kappa shape index (κ3) is 1.98. The highest BCUT2D eigenvalue weighted by Crippen LogP contribution is 2.20. The molecule has 0 N–H and O–H groups in total. The van der Waals surface area contributed by atoms with Crippen molar-refractivity contribution in [2.75, 3.05) is 19.0 Å². The van der Waals surface area contributed by atoms with Crippen molar-refractivity contribution in [3.8, 4) is 11.3 Å². The molecule has 15 heavy (non-hydrogen) atoms. The second-order valence-electron chi connectivity index (χ2n) is 3.70. The molecule has 0 saturated carbocycles. The molecule has 0 aliphatic rings. The Bertz CT molecular complexity index is 459. The zero-order valence-corrected chi connectivity index (χ0v) is 9.18. The van der Waals surface area contributed by atoms with E-state index in [1.165, 1.54) is 0 Å². The number of nitrogens with zero attached hydrogens (tertiary/aromatic N) is 4. The fourth-order valence-corrected chi connectivity index (χ4v) is 1.41. The van der Waals surface area contributed by atoms with Crippen molar-refractivity contribution in [3.05, 3.63) is 30.7 Å². The highest BCUT2D eigenvalue weighted by Gasteiger charge is 2.03. The first-order valence-corrected chi connectivity index (χ1v) is 4.79. The molecule has 4 nitrogen and oxygen atoms in total. The largest absolute Gasteiger partial charge is 0.378 e. The molecular weight excluding hydrogens is 188 g/mol. The molecule has 0 radical (unpaired) electrons. The van der Waals surface area contributed by atoms with Crippen molar-refractivity contribution < 1.29 is 0 Å². The summed E-state index contributed by atoms with van der Waals surface area (Å²) in [4.78, 5) is 6.38. The molecule has 0 unspecified atom stereocenters. The van der Waals surface area contributed by atoms with Gasteiger partial charge in [0.1, 0.15) is 0 Å². The molecule has 2 aromatic rings. The number of rotatable bonds is 2. The van der Waals surface area contributed by atoms with Gasteiger partial charge in [0.05, 0.1) is 11.9 Å². The van der Waals surface area contributed by atoms with E-state index in [-0.39, 0.29) is 0 Å². The first-order chi connectivity index (χ1) is 7.16. The monoisotopic (exact) mass is 202 g/mol. The third-order valence-corrected chi connectivity index (χ3v) is 2.26. The van der Waals surface area contributed by atoms with Gasteiger partial charge in [0.15, 0.2) is 0 Å². The van der Waals surface area contributed by atoms with Gasteiger partial charge in [0.2, 0.25) is 0 Å². The smallest absolute Gasteiger partial charge is 0.0754 e. The van der Waals surface area contributed by atoms with Gasteiger partial charge in [-0.2, -0.15) is 5.10 Å². The topological polar surface area (TPSA) is 34.0 Å². The molecule has 2 heterocycles. The van der Waals surface area contributed by atoms with Crippen LogP contribution in [0.15, 0.2) is 30.7 Å². The summed E-state index contributed by atoms with van der Waals surface area (Å²) >= 11 is 0. The summed E-state index contributed by atoms with van der Waals surface area (Å²) in [6.45, 7) is 0. The first kappa shape index (κ1) is 9.71. The van der Waals surface area contributed by atoms with Crippen molar-refractivity contribution >= 4 is 5.69 Å². The Morgan fingerprint density at radius 2 is 2.13 bits per heavy atom. The van der Waals surface area contributed by atoms with Crippen LogP contribution in [-0.2, 0) is 7.05 Å². The van der Waals surface area contributed by atoms with Crippen LogP contribution in [0.3, 0.4) is 0 Å². The van der Waals surface area contributed by atoms with E-state index < -0.39 is 0 Å². The molecule has 0 bridgehead atoms. The standard InChI is InChI=1S/C11H14N4/c1-14(2)10-4-5-12-11(6-10)9-7-13-15(3)8-9/h4-8H,1-3H3. The van der Waals surface area contributed by atoms with Gasteiger partial charge in [-0.3, -0.25) is 9.67 Å². The maximum atomic E-state index is 4.33. The number of hydrogen-bond donors (Lipinski definition) is 0. The van der Waals surface area contributed by atoms with E-state index in [1.807, 2.05) is 45.8 Å². The Labute approximate surface area is 89.2 Å². The third-order valence-electron chi connectivity index (χ3n) is 2.26. The van der Waals surface area contributed by atoms with E-state index in [2.05, 4.69) is 21.0 Å². The molecule has 0 aliphatic heterocycles. The van der Waals surface area contributed by atoms with Gasteiger partial charge in [0.25, 0.3) is 0 Å². The summed E-state index contributed by atoms with van der Waals surface area (Å²) in [7, 11) is 5.93. The number of aromatic nitrogens is 3. The first-order valence-electron chi connectivity index (χ1n) is 4.79.